The Bertz CT molecular complexity index is 616. The second-order valence-electron chi connectivity index (χ2n) is 5.19. The van der Waals surface area contributed by atoms with Crippen LogP contribution in [0.15, 0.2) is 18.2 Å². The lowest BCUT2D eigenvalue weighted by atomic mass is 9.98. The van der Waals surface area contributed by atoms with Gasteiger partial charge in [0, 0.05) is 29.9 Å². The van der Waals surface area contributed by atoms with Gasteiger partial charge in [0.1, 0.15) is 5.82 Å². The van der Waals surface area contributed by atoms with E-state index in [9.17, 15) is 4.39 Å². The fraction of sp³-hybridized carbons (Fsp3) is 0.438. The summed E-state index contributed by atoms with van der Waals surface area (Å²) in [4.78, 5) is 0. The van der Waals surface area contributed by atoms with Crippen molar-refractivity contribution in [3.8, 4) is 11.1 Å². The lowest BCUT2D eigenvalue weighted by Crippen LogP contribution is -2.17. The summed E-state index contributed by atoms with van der Waals surface area (Å²) in [6.07, 6.45) is 0. The Balaban J connectivity index is 2.53. The number of nitrogens with zero attached hydrogens (tertiary/aromatic N) is 2. The minimum atomic E-state index is -0.198. The van der Waals surface area contributed by atoms with Crippen LogP contribution < -0.4 is 5.32 Å². The van der Waals surface area contributed by atoms with E-state index in [1.165, 1.54) is 0 Å². The van der Waals surface area contributed by atoms with Crippen molar-refractivity contribution in [2.75, 3.05) is 6.54 Å². The van der Waals surface area contributed by atoms with Crippen molar-refractivity contribution in [2.45, 2.75) is 33.7 Å². The topological polar surface area (TPSA) is 29.9 Å². The molecule has 0 saturated heterocycles. The van der Waals surface area contributed by atoms with Gasteiger partial charge < -0.3 is 5.32 Å². The summed E-state index contributed by atoms with van der Waals surface area (Å²) < 4.78 is 16.0. The number of hydrogen-bond acceptors (Lipinski definition) is 2. The summed E-state index contributed by atoms with van der Waals surface area (Å²) in [6, 6.07) is 5.52. The highest BCUT2D eigenvalue weighted by molar-refractivity contribution is 5.69. The molecule has 4 heteroatoms. The third-order valence-electron chi connectivity index (χ3n) is 3.78. The van der Waals surface area contributed by atoms with Gasteiger partial charge in [0.2, 0.25) is 0 Å². The van der Waals surface area contributed by atoms with Gasteiger partial charge in [-0.2, -0.15) is 5.10 Å². The molecule has 0 bridgehead atoms. The van der Waals surface area contributed by atoms with Crippen LogP contribution in [0, 0.1) is 19.7 Å². The highest BCUT2D eigenvalue weighted by atomic mass is 19.1. The number of aryl methyl sites for hydroxylation is 2. The molecule has 2 rings (SSSR count). The number of rotatable bonds is 4. The summed E-state index contributed by atoms with van der Waals surface area (Å²) >= 11 is 0. The largest absolute Gasteiger partial charge is 0.310 e. The van der Waals surface area contributed by atoms with E-state index < -0.39 is 0 Å². The zero-order valence-corrected chi connectivity index (χ0v) is 12.8. The zero-order chi connectivity index (χ0) is 14.9. The molecule has 3 nitrogen and oxygen atoms in total. The van der Waals surface area contributed by atoms with Crippen LogP contribution in [-0.2, 0) is 7.05 Å². The smallest absolute Gasteiger partial charge is 0.131 e. The minimum absolute atomic E-state index is 0.198. The fourth-order valence-electron chi connectivity index (χ4n) is 2.59. The molecule has 0 saturated carbocycles. The molecule has 0 aliphatic carbocycles. The monoisotopic (exact) mass is 275 g/mol. The first-order chi connectivity index (χ1) is 9.45. The van der Waals surface area contributed by atoms with Gasteiger partial charge in [-0.1, -0.05) is 13.0 Å². The Morgan fingerprint density at radius 2 is 2.05 bits per heavy atom. The van der Waals surface area contributed by atoms with E-state index in [0.717, 1.165) is 29.1 Å². The molecule has 0 aliphatic heterocycles. The summed E-state index contributed by atoms with van der Waals surface area (Å²) in [6.45, 7) is 8.93. The van der Waals surface area contributed by atoms with E-state index in [2.05, 4.69) is 24.3 Å². The minimum Gasteiger partial charge on any atom is -0.310 e. The van der Waals surface area contributed by atoms with Crippen LogP contribution in [0.1, 0.15) is 36.8 Å². The second kappa shape index (κ2) is 5.75. The third kappa shape index (κ3) is 2.61. The van der Waals surface area contributed by atoms with Crippen molar-refractivity contribution in [1.29, 1.82) is 0 Å². The lowest BCUT2D eigenvalue weighted by molar-refractivity contribution is 0.592. The first-order valence-corrected chi connectivity index (χ1v) is 6.99. The van der Waals surface area contributed by atoms with E-state index >= 15 is 0 Å². The fourth-order valence-corrected chi connectivity index (χ4v) is 2.59. The normalized spacial score (nSPS) is 12.7. The van der Waals surface area contributed by atoms with Crippen molar-refractivity contribution in [2.24, 2.45) is 7.05 Å². The molecule has 1 unspecified atom stereocenters. The predicted molar refractivity (Wildman–Crippen MR) is 80.2 cm³/mol. The Hall–Kier alpha value is -1.68. The Morgan fingerprint density at radius 3 is 2.60 bits per heavy atom. The molecule has 108 valence electrons. The summed E-state index contributed by atoms with van der Waals surface area (Å²) in [5, 5.41) is 7.72. The number of hydrogen-bond donors (Lipinski definition) is 1. The molecular weight excluding hydrogens is 253 g/mol. The van der Waals surface area contributed by atoms with E-state index in [1.807, 2.05) is 33.0 Å². The van der Waals surface area contributed by atoms with Crippen LogP contribution in [-0.4, -0.2) is 16.3 Å². The first kappa shape index (κ1) is 14.7. The molecule has 1 heterocycles. The second-order valence-corrected chi connectivity index (χ2v) is 5.19. The quantitative estimate of drug-likeness (QED) is 0.925. The number of nitrogens with one attached hydrogen (secondary N) is 1. The van der Waals surface area contributed by atoms with Gasteiger partial charge in [0.05, 0.1) is 5.69 Å². The zero-order valence-electron chi connectivity index (χ0n) is 12.8. The Morgan fingerprint density at radius 1 is 1.35 bits per heavy atom. The lowest BCUT2D eigenvalue weighted by Gasteiger charge is -2.14. The molecule has 1 aromatic heterocycles. The molecule has 0 aliphatic rings. The van der Waals surface area contributed by atoms with Gasteiger partial charge in [-0.3, -0.25) is 4.68 Å². The van der Waals surface area contributed by atoms with Crippen LogP contribution >= 0.6 is 0 Å². The summed E-state index contributed by atoms with van der Waals surface area (Å²) in [5.74, 6) is -0.198. The van der Waals surface area contributed by atoms with Crippen LogP contribution in [0.2, 0.25) is 0 Å². The van der Waals surface area contributed by atoms with Gasteiger partial charge in [-0.25, -0.2) is 4.39 Å². The van der Waals surface area contributed by atoms with Gasteiger partial charge in [0.15, 0.2) is 0 Å². The highest BCUT2D eigenvalue weighted by Crippen LogP contribution is 2.31. The number of halogens is 1. The molecule has 0 fully saturated rings. The maximum absolute atomic E-state index is 14.2. The van der Waals surface area contributed by atoms with E-state index in [4.69, 9.17) is 0 Å². The molecule has 20 heavy (non-hydrogen) atoms. The number of aromatic nitrogens is 2. The standard InChI is InChI=1S/C16H22FN3/c1-6-18-10(2)13-7-8-15(17)14(9-13)16-11(3)19-20(5)12(16)4/h7-10,18H,6H2,1-5H3. The van der Waals surface area contributed by atoms with Gasteiger partial charge >= 0.3 is 0 Å². The first-order valence-electron chi connectivity index (χ1n) is 6.99. The molecule has 0 spiro atoms. The summed E-state index contributed by atoms with van der Waals surface area (Å²) in [7, 11) is 1.88. The van der Waals surface area contributed by atoms with Crippen molar-refractivity contribution in [3.63, 3.8) is 0 Å². The number of benzene rings is 1. The van der Waals surface area contributed by atoms with Crippen molar-refractivity contribution >= 4 is 0 Å². The Kier molecular flexibility index (Phi) is 4.23. The van der Waals surface area contributed by atoms with Gasteiger partial charge in [-0.05, 0) is 45.0 Å². The van der Waals surface area contributed by atoms with Crippen molar-refractivity contribution in [3.05, 3.63) is 41.0 Å². The molecule has 1 N–H and O–H groups in total. The maximum atomic E-state index is 14.2. The van der Waals surface area contributed by atoms with Crippen LogP contribution in [0.4, 0.5) is 4.39 Å². The van der Waals surface area contributed by atoms with Crippen molar-refractivity contribution in [1.82, 2.24) is 15.1 Å². The molecule has 0 radical (unpaired) electrons. The molecule has 2 aromatic rings. The SMILES string of the molecule is CCNC(C)c1ccc(F)c(-c2c(C)nn(C)c2C)c1. The van der Waals surface area contributed by atoms with Gasteiger partial charge in [-0.15, -0.1) is 0 Å². The van der Waals surface area contributed by atoms with Crippen LogP contribution in [0.25, 0.3) is 11.1 Å². The van der Waals surface area contributed by atoms with E-state index in [0.29, 0.717) is 5.56 Å². The molecule has 1 atom stereocenters. The van der Waals surface area contributed by atoms with E-state index in [-0.39, 0.29) is 11.9 Å². The van der Waals surface area contributed by atoms with Gasteiger partial charge in [0.25, 0.3) is 0 Å². The molecular formula is C16H22FN3. The van der Waals surface area contributed by atoms with E-state index in [1.54, 1.807) is 10.7 Å². The third-order valence-corrected chi connectivity index (χ3v) is 3.78. The molecule has 0 amide bonds. The summed E-state index contributed by atoms with van der Waals surface area (Å²) in [5.41, 5.74) is 4.46. The highest BCUT2D eigenvalue weighted by Gasteiger charge is 2.17. The average Bonchev–Trinajstić information content (AvgIpc) is 2.65. The average molecular weight is 275 g/mol. The molecule has 1 aromatic carbocycles. The maximum Gasteiger partial charge on any atom is 0.131 e. The Labute approximate surface area is 119 Å². The van der Waals surface area contributed by atoms with Crippen LogP contribution in [0.3, 0.4) is 0 Å². The predicted octanol–water partition coefficient (Wildman–Crippen LogP) is 3.51. The van der Waals surface area contributed by atoms with Crippen molar-refractivity contribution < 1.29 is 4.39 Å². The van der Waals surface area contributed by atoms with Crippen LogP contribution in [0.5, 0.6) is 0 Å².